The Balaban J connectivity index is 2.68. The normalized spacial score (nSPS) is 10.3. The van der Waals surface area contributed by atoms with Crippen LogP contribution in [0.15, 0.2) is 24.3 Å². The second kappa shape index (κ2) is 3.05. The fourth-order valence-corrected chi connectivity index (χ4v) is 1.26. The van der Waals surface area contributed by atoms with Crippen molar-refractivity contribution in [2.75, 3.05) is 7.11 Å². The minimum atomic E-state index is 0.839. The second-order valence-electron chi connectivity index (χ2n) is 2.91. The van der Waals surface area contributed by atoms with Gasteiger partial charge in [-0.2, -0.15) is 0 Å². The van der Waals surface area contributed by atoms with Crippen LogP contribution >= 0.6 is 0 Å². The summed E-state index contributed by atoms with van der Waals surface area (Å²) < 4.78 is 5.11. The zero-order valence-electron chi connectivity index (χ0n) is 7.66. The molecule has 1 aromatic heterocycles. The summed E-state index contributed by atoms with van der Waals surface area (Å²) in [6, 6.07) is 10.8. The van der Waals surface area contributed by atoms with Crippen molar-refractivity contribution in [3.05, 3.63) is 36.0 Å². The Hall–Kier alpha value is -1.57. The molecule has 0 unspecified atom stereocenters. The van der Waals surface area contributed by atoms with Crippen LogP contribution in [0.2, 0.25) is 0 Å². The van der Waals surface area contributed by atoms with Gasteiger partial charge in [0.25, 0.3) is 0 Å². The Bertz CT molecular complexity index is 437. The van der Waals surface area contributed by atoms with E-state index in [0.717, 1.165) is 22.3 Å². The Morgan fingerprint density at radius 3 is 3.00 bits per heavy atom. The Morgan fingerprint density at radius 2 is 2.23 bits per heavy atom. The van der Waals surface area contributed by atoms with Gasteiger partial charge in [-0.05, 0) is 25.1 Å². The minimum Gasteiger partial charge on any atom is -0.497 e. The SMILES string of the molecule is COc1ccc2c[c]c(C)nc2c1. The third-order valence-corrected chi connectivity index (χ3v) is 1.96. The monoisotopic (exact) mass is 172 g/mol. The molecule has 0 spiro atoms. The Kier molecular flexibility index (Phi) is 1.89. The van der Waals surface area contributed by atoms with Crippen molar-refractivity contribution in [2.45, 2.75) is 6.92 Å². The summed E-state index contributed by atoms with van der Waals surface area (Å²) in [5, 5.41) is 1.09. The van der Waals surface area contributed by atoms with Crippen LogP contribution < -0.4 is 4.74 Å². The van der Waals surface area contributed by atoms with Gasteiger partial charge in [-0.1, -0.05) is 0 Å². The number of aryl methyl sites for hydroxylation is 1. The van der Waals surface area contributed by atoms with E-state index in [0.29, 0.717) is 0 Å². The summed E-state index contributed by atoms with van der Waals surface area (Å²) in [6.45, 7) is 1.93. The lowest BCUT2D eigenvalue weighted by atomic mass is 10.2. The molecule has 0 amide bonds. The highest BCUT2D eigenvalue weighted by atomic mass is 16.5. The molecule has 0 saturated carbocycles. The minimum absolute atomic E-state index is 0.839. The van der Waals surface area contributed by atoms with Crippen molar-refractivity contribution in [3.8, 4) is 5.75 Å². The molecule has 1 radical (unpaired) electrons. The molecular weight excluding hydrogens is 162 g/mol. The van der Waals surface area contributed by atoms with Gasteiger partial charge in [-0.3, -0.25) is 4.98 Å². The van der Waals surface area contributed by atoms with E-state index in [2.05, 4.69) is 11.1 Å². The molecule has 2 aromatic rings. The van der Waals surface area contributed by atoms with E-state index >= 15 is 0 Å². The molecule has 0 bridgehead atoms. The van der Waals surface area contributed by atoms with Crippen LogP contribution in [-0.2, 0) is 0 Å². The number of benzene rings is 1. The standard InChI is InChI=1S/C11H10NO/c1-8-3-4-9-5-6-10(13-2)7-11(9)12-8/h4-7H,1-2H3. The first-order chi connectivity index (χ1) is 6.29. The van der Waals surface area contributed by atoms with Crippen LogP contribution in [0.5, 0.6) is 5.75 Å². The van der Waals surface area contributed by atoms with E-state index in [9.17, 15) is 0 Å². The molecule has 0 fully saturated rings. The van der Waals surface area contributed by atoms with Crippen LogP contribution in [0.4, 0.5) is 0 Å². The number of hydrogen-bond acceptors (Lipinski definition) is 2. The first-order valence-electron chi connectivity index (χ1n) is 4.12. The third-order valence-electron chi connectivity index (χ3n) is 1.96. The molecule has 13 heavy (non-hydrogen) atoms. The quantitative estimate of drug-likeness (QED) is 0.658. The summed E-state index contributed by atoms with van der Waals surface area (Å²) in [7, 11) is 1.66. The lowest BCUT2D eigenvalue weighted by Crippen LogP contribution is -1.86. The molecule has 0 aliphatic rings. The van der Waals surface area contributed by atoms with Crippen molar-refractivity contribution in [2.24, 2.45) is 0 Å². The van der Waals surface area contributed by atoms with Crippen LogP contribution in [0.25, 0.3) is 10.9 Å². The summed E-state index contributed by atoms with van der Waals surface area (Å²) in [5.74, 6) is 0.839. The van der Waals surface area contributed by atoms with E-state index in [-0.39, 0.29) is 0 Å². The first kappa shape index (κ1) is 8.05. The molecule has 0 N–H and O–H groups in total. The van der Waals surface area contributed by atoms with E-state index in [1.165, 1.54) is 0 Å². The van der Waals surface area contributed by atoms with Crippen molar-refractivity contribution in [3.63, 3.8) is 0 Å². The van der Waals surface area contributed by atoms with Crippen LogP contribution in [0.1, 0.15) is 5.69 Å². The first-order valence-corrected chi connectivity index (χ1v) is 4.12. The number of rotatable bonds is 1. The maximum absolute atomic E-state index is 5.11. The zero-order valence-corrected chi connectivity index (χ0v) is 7.66. The lowest BCUT2D eigenvalue weighted by molar-refractivity contribution is 0.415. The van der Waals surface area contributed by atoms with Crippen molar-refractivity contribution < 1.29 is 4.74 Å². The molecule has 2 nitrogen and oxygen atoms in total. The Labute approximate surface area is 77.2 Å². The fourth-order valence-electron chi connectivity index (χ4n) is 1.26. The molecule has 65 valence electrons. The molecule has 0 aliphatic heterocycles. The summed E-state index contributed by atoms with van der Waals surface area (Å²) in [4.78, 5) is 4.35. The van der Waals surface area contributed by atoms with Crippen molar-refractivity contribution >= 4 is 10.9 Å². The highest BCUT2D eigenvalue weighted by Gasteiger charge is 1.97. The molecule has 2 rings (SSSR count). The maximum atomic E-state index is 5.11. The van der Waals surface area contributed by atoms with E-state index in [1.54, 1.807) is 7.11 Å². The molecule has 1 heterocycles. The van der Waals surface area contributed by atoms with Gasteiger partial charge in [0, 0.05) is 23.2 Å². The van der Waals surface area contributed by atoms with E-state index in [1.807, 2.05) is 31.2 Å². The van der Waals surface area contributed by atoms with Gasteiger partial charge in [-0.15, -0.1) is 0 Å². The van der Waals surface area contributed by atoms with Gasteiger partial charge >= 0.3 is 0 Å². The maximum Gasteiger partial charge on any atom is 0.121 e. The predicted octanol–water partition coefficient (Wildman–Crippen LogP) is 2.35. The highest BCUT2D eigenvalue weighted by molar-refractivity contribution is 5.79. The summed E-state index contributed by atoms with van der Waals surface area (Å²) >= 11 is 0. The molecular formula is C11H10NO. The lowest BCUT2D eigenvalue weighted by Gasteiger charge is -2.01. The highest BCUT2D eigenvalue weighted by Crippen LogP contribution is 2.18. The van der Waals surface area contributed by atoms with Gasteiger partial charge in [0.05, 0.1) is 12.6 Å². The molecule has 0 aliphatic carbocycles. The van der Waals surface area contributed by atoms with Crippen molar-refractivity contribution in [1.82, 2.24) is 4.98 Å². The number of nitrogens with zero attached hydrogens (tertiary/aromatic N) is 1. The van der Waals surface area contributed by atoms with Gasteiger partial charge in [0.15, 0.2) is 0 Å². The molecule has 0 atom stereocenters. The van der Waals surface area contributed by atoms with Gasteiger partial charge in [-0.25, -0.2) is 0 Å². The van der Waals surface area contributed by atoms with Crippen LogP contribution in [0.3, 0.4) is 0 Å². The number of hydrogen-bond donors (Lipinski definition) is 0. The van der Waals surface area contributed by atoms with Gasteiger partial charge in [0.1, 0.15) is 5.75 Å². The second-order valence-corrected chi connectivity index (χ2v) is 2.91. The largest absolute Gasteiger partial charge is 0.497 e. The average Bonchev–Trinajstić information content (AvgIpc) is 2.16. The molecule has 2 heteroatoms. The van der Waals surface area contributed by atoms with Crippen molar-refractivity contribution in [1.29, 1.82) is 0 Å². The Morgan fingerprint density at radius 1 is 1.38 bits per heavy atom. The van der Waals surface area contributed by atoms with Crippen LogP contribution in [0, 0.1) is 13.0 Å². The zero-order chi connectivity index (χ0) is 9.26. The number of fused-ring (bicyclic) bond motifs is 1. The topological polar surface area (TPSA) is 22.1 Å². The van der Waals surface area contributed by atoms with Gasteiger partial charge in [0.2, 0.25) is 0 Å². The fraction of sp³-hybridized carbons (Fsp3) is 0.182. The molecule has 0 saturated heterocycles. The molecule has 1 aromatic carbocycles. The van der Waals surface area contributed by atoms with Crippen LogP contribution in [-0.4, -0.2) is 12.1 Å². The third kappa shape index (κ3) is 1.47. The number of pyridine rings is 1. The number of methoxy groups -OCH3 is 1. The van der Waals surface area contributed by atoms with E-state index in [4.69, 9.17) is 4.74 Å². The summed E-state index contributed by atoms with van der Waals surface area (Å²) in [5.41, 5.74) is 1.86. The van der Waals surface area contributed by atoms with Gasteiger partial charge < -0.3 is 4.74 Å². The number of aromatic nitrogens is 1. The predicted molar refractivity (Wildman–Crippen MR) is 51.9 cm³/mol. The number of ether oxygens (including phenoxy) is 1. The average molecular weight is 172 g/mol. The summed E-state index contributed by atoms with van der Waals surface area (Å²) in [6.07, 6.45) is 0. The smallest absolute Gasteiger partial charge is 0.121 e. The van der Waals surface area contributed by atoms with E-state index < -0.39 is 0 Å².